The molecule has 2 atom stereocenters. The monoisotopic (exact) mass is 775 g/mol. The highest BCUT2D eigenvalue weighted by molar-refractivity contribution is 7.91. The summed E-state index contributed by atoms with van der Waals surface area (Å²) in [4.78, 5) is 39.3. The summed E-state index contributed by atoms with van der Waals surface area (Å²) in [6, 6.07) is 3.79. The molecule has 0 saturated carbocycles. The lowest BCUT2D eigenvalue weighted by atomic mass is 9.90. The van der Waals surface area contributed by atoms with Gasteiger partial charge in [0.05, 0.1) is 65.9 Å². The number of pyridine rings is 1. The first kappa shape index (κ1) is 41.2. The highest BCUT2D eigenvalue weighted by Gasteiger charge is 2.49. The predicted molar refractivity (Wildman–Crippen MR) is 180 cm³/mol. The zero-order valence-corrected chi connectivity index (χ0v) is 30.1. The van der Waals surface area contributed by atoms with Gasteiger partial charge in [-0.2, -0.15) is 26.3 Å². The van der Waals surface area contributed by atoms with Crippen molar-refractivity contribution >= 4 is 33.5 Å². The van der Waals surface area contributed by atoms with Crippen LogP contribution in [0.2, 0.25) is 0 Å². The average Bonchev–Trinajstić information content (AvgIpc) is 3.10. The van der Waals surface area contributed by atoms with Crippen molar-refractivity contribution < 1.29 is 58.6 Å². The normalized spacial score (nSPS) is 17.6. The summed E-state index contributed by atoms with van der Waals surface area (Å²) in [5.74, 6) is -1.62. The smallest absolute Gasteiger partial charge is 0.416 e. The number of aromatic nitrogens is 3. The lowest BCUT2D eigenvalue weighted by molar-refractivity contribution is -0.143. The molecule has 1 N–H and O–H groups in total. The van der Waals surface area contributed by atoms with Gasteiger partial charge >= 0.3 is 24.4 Å². The maximum atomic E-state index is 13.7. The molecule has 0 radical (unpaired) electrons. The number of carbonyl (C=O) groups is 2. The van der Waals surface area contributed by atoms with Gasteiger partial charge in [0.1, 0.15) is 0 Å². The van der Waals surface area contributed by atoms with Crippen LogP contribution in [0.25, 0.3) is 0 Å². The van der Waals surface area contributed by atoms with Gasteiger partial charge in [0, 0.05) is 32.3 Å². The van der Waals surface area contributed by atoms with Gasteiger partial charge in [0.15, 0.2) is 15.6 Å². The number of nitrogens with zero attached hydrogens (tertiary/aromatic N) is 4. The Labute approximate surface area is 302 Å². The molecular formula is C34H39F6N5O7S. The summed E-state index contributed by atoms with van der Waals surface area (Å²) in [6.07, 6.45) is -8.48. The number of halogens is 6. The minimum atomic E-state index is -5.08. The molecule has 19 heteroatoms. The molecule has 12 nitrogen and oxygen atoms in total. The number of nitrogens with one attached hydrogen (secondary N) is 1. The van der Waals surface area contributed by atoms with Crippen LogP contribution < -0.4 is 10.2 Å². The van der Waals surface area contributed by atoms with E-state index in [0.29, 0.717) is 29.9 Å². The molecule has 0 spiro atoms. The Balaban J connectivity index is 1.74. The highest BCUT2D eigenvalue weighted by atomic mass is 32.2. The fraction of sp³-hybridized carbons (Fsp3) is 0.500. The number of carbonyl (C=O) groups excluding carboxylic acids is 2. The molecule has 53 heavy (non-hydrogen) atoms. The Morgan fingerprint density at radius 1 is 1.02 bits per heavy atom. The van der Waals surface area contributed by atoms with Gasteiger partial charge < -0.3 is 19.5 Å². The van der Waals surface area contributed by atoms with Crippen molar-refractivity contribution in [2.75, 3.05) is 42.5 Å². The molecule has 1 aromatic carbocycles. The molecule has 0 unspecified atom stereocenters. The number of methoxy groups -OCH3 is 2. The van der Waals surface area contributed by atoms with Gasteiger partial charge in [0.25, 0.3) is 0 Å². The number of rotatable bonds is 14. The number of hydrogen-bond donors (Lipinski definition) is 1. The third-order valence-electron chi connectivity index (χ3n) is 8.72. The Morgan fingerprint density at radius 2 is 1.70 bits per heavy atom. The van der Waals surface area contributed by atoms with Crippen molar-refractivity contribution in [3.63, 3.8) is 0 Å². The van der Waals surface area contributed by atoms with Crippen molar-refractivity contribution in [1.29, 1.82) is 0 Å². The minimum Gasteiger partial charge on any atom is -0.469 e. The maximum absolute atomic E-state index is 13.7. The average molecular weight is 776 g/mol. The van der Waals surface area contributed by atoms with Crippen LogP contribution in [0.15, 0.2) is 42.7 Å². The molecule has 290 valence electrons. The number of anilines is 2. The van der Waals surface area contributed by atoms with E-state index in [0.717, 1.165) is 7.11 Å². The van der Waals surface area contributed by atoms with Crippen molar-refractivity contribution in [3.8, 4) is 0 Å². The first-order valence-corrected chi connectivity index (χ1v) is 18.3. The van der Waals surface area contributed by atoms with Gasteiger partial charge in [-0.1, -0.05) is 6.92 Å². The maximum Gasteiger partial charge on any atom is 0.416 e. The molecule has 3 heterocycles. The van der Waals surface area contributed by atoms with E-state index in [1.54, 1.807) is 26.0 Å². The van der Waals surface area contributed by atoms with Gasteiger partial charge in [-0.3, -0.25) is 9.78 Å². The Morgan fingerprint density at radius 3 is 2.28 bits per heavy atom. The number of alkyl halides is 6. The largest absolute Gasteiger partial charge is 0.469 e. The fourth-order valence-corrected chi connectivity index (χ4v) is 7.32. The Hall–Kier alpha value is -4.52. The number of esters is 1. The Bertz CT molecular complexity index is 1860. The van der Waals surface area contributed by atoms with Crippen LogP contribution in [0.4, 0.5) is 42.8 Å². The van der Waals surface area contributed by atoms with E-state index in [1.165, 1.54) is 24.4 Å². The summed E-state index contributed by atoms with van der Waals surface area (Å²) >= 11 is 0. The van der Waals surface area contributed by atoms with E-state index in [9.17, 15) is 44.3 Å². The highest BCUT2D eigenvalue weighted by Crippen LogP contribution is 2.45. The number of aryl methyl sites for hydroxylation is 1. The second kappa shape index (κ2) is 16.7. The molecule has 0 bridgehead atoms. The lowest BCUT2D eigenvalue weighted by Crippen LogP contribution is -2.57. The van der Waals surface area contributed by atoms with E-state index >= 15 is 0 Å². The SMILES string of the molecule is CCOC(=O)N1c2cccnc2[C@@H](Nc2ncc(CCCS(=O)(=O)CCC(=O)OC)c(Cc3cc(C(F)(F)F)cc(C(F)(F)F)c3)n2)C[C@@]1(CC)OC. The van der Waals surface area contributed by atoms with E-state index in [1.807, 2.05) is 0 Å². The second-order valence-electron chi connectivity index (χ2n) is 12.2. The standard InChI is InChI=1S/C34H39F6N5O7S/c1-5-32(51-4)19-26(29-27(10-7-12-41-29)45(32)31(47)52-6-2)44-30-42-20-22(9-8-13-53(48,49)14-11-28(46)50-3)25(43-30)17-21-15-23(33(35,36)37)18-24(16-21)34(38,39)40/h7,10,12,15-16,18,20,26H,5-6,8-9,11,13-14,17,19H2,1-4H3,(H,42,43,44)/t26-,32+/m0/s1. The Kier molecular flexibility index (Phi) is 13.0. The van der Waals surface area contributed by atoms with Crippen molar-refractivity contribution in [2.45, 2.75) is 76.5 Å². The first-order valence-electron chi connectivity index (χ1n) is 16.5. The van der Waals surface area contributed by atoms with Crippen molar-refractivity contribution in [2.24, 2.45) is 0 Å². The van der Waals surface area contributed by atoms with Crippen molar-refractivity contribution in [1.82, 2.24) is 15.0 Å². The third-order valence-corrected chi connectivity index (χ3v) is 10.5. The van der Waals surface area contributed by atoms with E-state index < -0.39 is 69.3 Å². The second-order valence-corrected chi connectivity index (χ2v) is 14.5. The van der Waals surface area contributed by atoms with Crippen LogP contribution in [0, 0.1) is 0 Å². The molecule has 0 aliphatic carbocycles. The molecule has 0 fully saturated rings. The summed E-state index contributed by atoms with van der Waals surface area (Å²) in [7, 11) is -1.17. The van der Waals surface area contributed by atoms with Crippen molar-refractivity contribution in [3.05, 3.63) is 76.4 Å². The van der Waals surface area contributed by atoms with Gasteiger partial charge in [-0.15, -0.1) is 0 Å². The van der Waals surface area contributed by atoms with Gasteiger partial charge in [-0.25, -0.2) is 28.1 Å². The topological polar surface area (TPSA) is 150 Å². The summed E-state index contributed by atoms with van der Waals surface area (Å²) in [5, 5.41) is 3.15. The van der Waals surface area contributed by atoms with E-state index in [-0.39, 0.29) is 66.9 Å². The molecular weight excluding hydrogens is 736 g/mol. The zero-order chi connectivity index (χ0) is 39.2. The van der Waals surface area contributed by atoms with Gasteiger partial charge in [0.2, 0.25) is 5.95 Å². The number of ether oxygens (including phenoxy) is 3. The number of fused-ring (bicyclic) bond motifs is 1. The van der Waals surface area contributed by atoms with Crippen LogP contribution in [-0.2, 0) is 54.0 Å². The fourth-order valence-electron chi connectivity index (χ4n) is 6.06. The number of sulfone groups is 1. The van der Waals surface area contributed by atoms with Crippen LogP contribution in [0.3, 0.4) is 0 Å². The van der Waals surface area contributed by atoms with E-state index in [2.05, 4.69) is 25.0 Å². The molecule has 3 aromatic rings. The number of amides is 1. The predicted octanol–water partition coefficient (Wildman–Crippen LogP) is 6.68. The zero-order valence-electron chi connectivity index (χ0n) is 29.3. The molecule has 2 aromatic heterocycles. The lowest BCUT2D eigenvalue weighted by Gasteiger charge is -2.47. The minimum absolute atomic E-state index is 0.0108. The molecule has 1 aliphatic rings. The van der Waals surface area contributed by atoms with Gasteiger partial charge in [-0.05, 0) is 67.6 Å². The third kappa shape index (κ3) is 10.1. The summed E-state index contributed by atoms with van der Waals surface area (Å²) < 4.78 is 123. The molecule has 4 rings (SSSR count). The summed E-state index contributed by atoms with van der Waals surface area (Å²) in [5.41, 5.74) is -3.50. The van der Waals surface area contributed by atoms with Crippen LogP contribution in [0.1, 0.15) is 79.2 Å². The number of hydrogen-bond acceptors (Lipinski definition) is 11. The quantitative estimate of drug-likeness (QED) is 0.138. The first-order chi connectivity index (χ1) is 24.9. The summed E-state index contributed by atoms with van der Waals surface area (Å²) in [6.45, 7) is 3.55. The van der Waals surface area contributed by atoms with Crippen LogP contribution in [-0.4, -0.2) is 73.5 Å². The molecule has 0 saturated heterocycles. The number of benzene rings is 1. The molecule has 1 amide bonds. The van der Waals surface area contributed by atoms with Crippen LogP contribution >= 0.6 is 0 Å². The van der Waals surface area contributed by atoms with E-state index in [4.69, 9.17) is 9.47 Å². The molecule has 1 aliphatic heterocycles. The van der Waals surface area contributed by atoms with Crippen LogP contribution in [0.5, 0.6) is 0 Å².